The Bertz CT molecular complexity index is 405. The summed E-state index contributed by atoms with van der Waals surface area (Å²) in [6, 6.07) is 0. The first-order chi connectivity index (χ1) is 9.56. The third kappa shape index (κ3) is 5.49. The van der Waals surface area contributed by atoms with Crippen LogP contribution in [0.5, 0.6) is 0 Å². The molecule has 0 saturated heterocycles. The molecule has 1 N–H and O–H groups in total. The highest BCUT2D eigenvalue weighted by Gasteiger charge is 2.10. The van der Waals surface area contributed by atoms with Crippen LogP contribution in [0.25, 0.3) is 0 Å². The molecule has 0 saturated carbocycles. The molecule has 0 aliphatic rings. The molecule has 1 aromatic rings. The standard InChI is InChI=1S/C17H31N3/c1-6-7-8-9-10-11-20-16(5)17(15(4)19-20)13-18-12-14(2)3/h6,14,18H,1,7-13H2,2-5H3. The summed E-state index contributed by atoms with van der Waals surface area (Å²) in [5.41, 5.74) is 3.86. The third-order valence-electron chi connectivity index (χ3n) is 3.66. The lowest BCUT2D eigenvalue weighted by Gasteiger charge is -2.08. The number of unbranched alkanes of at least 4 members (excludes halogenated alkanes) is 3. The van der Waals surface area contributed by atoms with Crippen LogP contribution in [-0.2, 0) is 13.1 Å². The zero-order valence-electron chi connectivity index (χ0n) is 13.7. The van der Waals surface area contributed by atoms with Crippen molar-refractivity contribution in [1.82, 2.24) is 15.1 Å². The summed E-state index contributed by atoms with van der Waals surface area (Å²) in [7, 11) is 0. The van der Waals surface area contributed by atoms with Gasteiger partial charge in [0.2, 0.25) is 0 Å². The largest absolute Gasteiger partial charge is 0.312 e. The zero-order valence-corrected chi connectivity index (χ0v) is 13.7. The second kappa shape index (κ2) is 8.96. The molecular weight excluding hydrogens is 246 g/mol. The Morgan fingerprint density at radius 2 is 2.00 bits per heavy atom. The molecule has 0 spiro atoms. The Balaban J connectivity index is 2.46. The van der Waals surface area contributed by atoms with Crippen LogP contribution in [0.3, 0.4) is 0 Å². The van der Waals surface area contributed by atoms with E-state index in [9.17, 15) is 0 Å². The molecule has 0 unspecified atom stereocenters. The maximum atomic E-state index is 4.68. The fourth-order valence-corrected chi connectivity index (χ4v) is 2.42. The Labute approximate surface area is 124 Å². The molecule has 1 heterocycles. The lowest BCUT2D eigenvalue weighted by molar-refractivity contribution is 0.530. The summed E-state index contributed by atoms with van der Waals surface area (Å²) in [5.74, 6) is 0.690. The highest BCUT2D eigenvalue weighted by molar-refractivity contribution is 5.24. The Morgan fingerprint density at radius 3 is 2.65 bits per heavy atom. The molecule has 0 aliphatic carbocycles. The van der Waals surface area contributed by atoms with Crippen LogP contribution >= 0.6 is 0 Å². The van der Waals surface area contributed by atoms with Gasteiger partial charge in [0, 0.05) is 24.3 Å². The van der Waals surface area contributed by atoms with Gasteiger partial charge in [-0.1, -0.05) is 26.3 Å². The van der Waals surface area contributed by atoms with Crippen LogP contribution in [0.1, 0.15) is 56.5 Å². The van der Waals surface area contributed by atoms with Crippen molar-refractivity contribution < 1.29 is 0 Å². The monoisotopic (exact) mass is 277 g/mol. The molecule has 0 radical (unpaired) electrons. The second-order valence-corrected chi connectivity index (χ2v) is 6.04. The fraction of sp³-hybridized carbons (Fsp3) is 0.706. The SMILES string of the molecule is C=CCCCCCn1nc(C)c(CNCC(C)C)c1C. The van der Waals surface area contributed by atoms with E-state index in [4.69, 9.17) is 0 Å². The smallest absolute Gasteiger partial charge is 0.0641 e. The number of allylic oxidation sites excluding steroid dienone is 1. The molecule has 0 bridgehead atoms. The molecule has 114 valence electrons. The van der Waals surface area contributed by atoms with Gasteiger partial charge in [-0.3, -0.25) is 4.68 Å². The van der Waals surface area contributed by atoms with E-state index in [2.05, 4.69) is 49.4 Å². The van der Waals surface area contributed by atoms with E-state index < -0.39 is 0 Å². The molecule has 0 aliphatic heterocycles. The number of hydrogen-bond donors (Lipinski definition) is 1. The van der Waals surface area contributed by atoms with Gasteiger partial charge in [0.05, 0.1) is 5.69 Å². The average Bonchev–Trinajstić information content (AvgIpc) is 2.65. The van der Waals surface area contributed by atoms with Crippen molar-refractivity contribution in [3.05, 3.63) is 29.6 Å². The second-order valence-electron chi connectivity index (χ2n) is 6.04. The fourth-order valence-electron chi connectivity index (χ4n) is 2.42. The van der Waals surface area contributed by atoms with Crippen LogP contribution in [0.2, 0.25) is 0 Å². The van der Waals surface area contributed by atoms with Crippen LogP contribution in [-0.4, -0.2) is 16.3 Å². The van der Waals surface area contributed by atoms with Gasteiger partial charge in [0.15, 0.2) is 0 Å². The van der Waals surface area contributed by atoms with Gasteiger partial charge in [-0.2, -0.15) is 5.10 Å². The Kier molecular flexibility index (Phi) is 7.60. The average molecular weight is 277 g/mol. The summed E-state index contributed by atoms with van der Waals surface area (Å²) in [6.45, 7) is 15.6. The van der Waals surface area contributed by atoms with Gasteiger partial charge in [0.25, 0.3) is 0 Å². The summed E-state index contributed by atoms with van der Waals surface area (Å²) < 4.78 is 2.18. The van der Waals surface area contributed by atoms with E-state index in [0.717, 1.165) is 26.1 Å². The molecule has 3 heteroatoms. The van der Waals surface area contributed by atoms with Crippen LogP contribution in [0.4, 0.5) is 0 Å². The number of rotatable bonds is 10. The minimum atomic E-state index is 0.690. The normalized spacial score (nSPS) is 11.2. The summed E-state index contributed by atoms with van der Waals surface area (Å²) >= 11 is 0. The van der Waals surface area contributed by atoms with E-state index in [0.29, 0.717) is 5.92 Å². The van der Waals surface area contributed by atoms with Gasteiger partial charge in [0.1, 0.15) is 0 Å². The van der Waals surface area contributed by atoms with Crippen LogP contribution in [0, 0.1) is 19.8 Å². The Hall–Kier alpha value is -1.09. The highest BCUT2D eigenvalue weighted by atomic mass is 15.3. The first kappa shape index (κ1) is 17.0. The van der Waals surface area contributed by atoms with E-state index in [1.807, 2.05) is 6.08 Å². The van der Waals surface area contributed by atoms with Crippen molar-refractivity contribution in [3.8, 4) is 0 Å². The van der Waals surface area contributed by atoms with Gasteiger partial charge < -0.3 is 5.32 Å². The number of aromatic nitrogens is 2. The minimum absolute atomic E-state index is 0.690. The van der Waals surface area contributed by atoms with E-state index in [1.165, 1.54) is 36.2 Å². The molecule has 0 aromatic carbocycles. The van der Waals surface area contributed by atoms with E-state index >= 15 is 0 Å². The maximum Gasteiger partial charge on any atom is 0.0641 e. The van der Waals surface area contributed by atoms with Crippen molar-refractivity contribution in [2.45, 2.75) is 66.5 Å². The van der Waals surface area contributed by atoms with E-state index in [-0.39, 0.29) is 0 Å². The molecule has 0 fully saturated rings. The predicted octanol–water partition coefficient (Wildman–Crippen LogP) is 3.99. The third-order valence-corrected chi connectivity index (χ3v) is 3.66. The lowest BCUT2D eigenvalue weighted by atomic mass is 10.1. The van der Waals surface area contributed by atoms with Crippen molar-refractivity contribution in [3.63, 3.8) is 0 Å². The highest BCUT2D eigenvalue weighted by Crippen LogP contribution is 2.14. The van der Waals surface area contributed by atoms with Gasteiger partial charge in [-0.25, -0.2) is 0 Å². The van der Waals surface area contributed by atoms with Gasteiger partial charge in [-0.15, -0.1) is 6.58 Å². The first-order valence-corrected chi connectivity index (χ1v) is 7.90. The minimum Gasteiger partial charge on any atom is -0.312 e. The maximum absolute atomic E-state index is 4.68. The number of nitrogens with one attached hydrogen (secondary N) is 1. The lowest BCUT2D eigenvalue weighted by Crippen LogP contribution is -2.19. The summed E-state index contributed by atoms with van der Waals surface area (Å²) in [4.78, 5) is 0. The van der Waals surface area contributed by atoms with Crippen LogP contribution < -0.4 is 5.32 Å². The summed E-state index contributed by atoms with van der Waals surface area (Å²) in [6.07, 6.45) is 6.83. The molecule has 1 rings (SSSR count). The molecule has 1 aromatic heterocycles. The molecular formula is C17H31N3. The van der Waals surface area contributed by atoms with Crippen molar-refractivity contribution in [1.29, 1.82) is 0 Å². The van der Waals surface area contributed by atoms with E-state index in [1.54, 1.807) is 0 Å². The van der Waals surface area contributed by atoms with Crippen LogP contribution in [0.15, 0.2) is 12.7 Å². The molecule has 3 nitrogen and oxygen atoms in total. The quantitative estimate of drug-likeness (QED) is 0.517. The molecule has 0 atom stereocenters. The predicted molar refractivity (Wildman–Crippen MR) is 86.9 cm³/mol. The molecule has 20 heavy (non-hydrogen) atoms. The number of nitrogens with zero attached hydrogens (tertiary/aromatic N) is 2. The molecule has 0 amide bonds. The van der Waals surface area contributed by atoms with Gasteiger partial charge >= 0.3 is 0 Å². The van der Waals surface area contributed by atoms with Crippen molar-refractivity contribution in [2.75, 3.05) is 6.54 Å². The van der Waals surface area contributed by atoms with Crippen molar-refractivity contribution in [2.24, 2.45) is 5.92 Å². The van der Waals surface area contributed by atoms with Crippen molar-refractivity contribution >= 4 is 0 Å². The topological polar surface area (TPSA) is 29.9 Å². The zero-order chi connectivity index (χ0) is 15.0. The number of aryl methyl sites for hydroxylation is 2. The number of hydrogen-bond acceptors (Lipinski definition) is 2. The van der Waals surface area contributed by atoms with Gasteiger partial charge in [-0.05, 0) is 45.6 Å². The Morgan fingerprint density at radius 1 is 1.25 bits per heavy atom. The first-order valence-electron chi connectivity index (χ1n) is 7.90. The summed E-state index contributed by atoms with van der Waals surface area (Å²) in [5, 5.41) is 8.20.